The standard InChI is InChI=1S/C20H32O3S2/c1-2-3-6-9-15(21)12-13-17-16(18-14-20(24-17)25-18)10-7-4-5-8-11-19(22)23/h4,7,12-13,15-18,20-21H,2-3,5-6,8-11,14H2,1H3,(H,22,23)/b7-4-,13-12+/t15-,16+,17?,18?,20-/m0/s1. The second-order valence-corrected chi connectivity index (χ2v) is 10.2. The first-order chi connectivity index (χ1) is 12.1. The van der Waals surface area contributed by atoms with Crippen LogP contribution in [0.15, 0.2) is 24.3 Å². The maximum Gasteiger partial charge on any atom is 0.303 e. The summed E-state index contributed by atoms with van der Waals surface area (Å²) in [6.07, 6.45) is 16.9. The summed E-state index contributed by atoms with van der Waals surface area (Å²) in [6, 6.07) is 0. The van der Waals surface area contributed by atoms with Crippen LogP contribution in [0.25, 0.3) is 0 Å². The fourth-order valence-corrected chi connectivity index (χ4v) is 7.16. The lowest BCUT2D eigenvalue weighted by atomic mass is 9.92. The van der Waals surface area contributed by atoms with Gasteiger partial charge in [-0.25, -0.2) is 0 Å². The van der Waals surface area contributed by atoms with Crippen molar-refractivity contribution < 1.29 is 15.0 Å². The summed E-state index contributed by atoms with van der Waals surface area (Å²) in [4.78, 5) is 10.5. The number of unbranched alkanes of at least 4 members (excludes halogenated alkanes) is 3. The number of aliphatic carboxylic acids is 1. The average Bonchev–Trinajstić information content (AvgIpc) is 2.55. The molecule has 3 rings (SSSR count). The average molecular weight is 385 g/mol. The lowest BCUT2D eigenvalue weighted by Crippen LogP contribution is -2.43. The van der Waals surface area contributed by atoms with E-state index in [0.29, 0.717) is 11.2 Å². The number of aliphatic hydroxyl groups excluding tert-OH is 1. The van der Waals surface area contributed by atoms with Crippen molar-refractivity contribution in [2.75, 3.05) is 0 Å². The first kappa shape index (κ1) is 20.9. The number of hydrogen-bond donors (Lipinski definition) is 2. The summed E-state index contributed by atoms with van der Waals surface area (Å²) >= 11 is 4.16. The minimum absolute atomic E-state index is 0.255. The first-order valence-corrected chi connectivity index (χ1v) is 11.5. The van der Waals surface area contributed by atoms with Crippen molar-refractivity contribution in [3.8, 4) is 0 Å². The van der Waals surface area contributed by atoms with Crippen molar-refractivity contribution in [1.29, 1.82) is 0 Å². The fourth-order valence-electron chi connectivity index (χ4n) is 3.38. The molecule has 3 saturated heterocycles. The molecule has 0 aromatic carbocycles. The van der Waals surface area contributed by atoms with E-state index < -0.39 is 5.97 Å². The summed E-state index contributed by atoms with van der Waals surface area (Å²) in [5.74, 6) is -0.0773. The van der Waals surface area contributed by atoms with Crippen molar-refractivity contribution in [2.45, 2.75) is 85.9 Å². The summed E-state index contributed by atoms with van der Waals surface area (Å²) in [6.45, 7) is 2.19. The smallest absolute Gasteiger partial charge is 0.303 e. The molecule has 3 heterocycles. The zero-order chi connectivity index (χ0) is 18.1. The van der Waals surface area contributed by atoms with Crippen molar-refractivity contribution in [2.24, 2.45) is 5.92 Å². The Kier molecular flexibility index (Phi) is 9.50. The minimum atomic E-state index is -0.711. The van der Waals surface area contributed by atoms with Gasteiger partial charge in [0.25, 0.3) is 0 Å². The van der Waals surface area contributed by atoms with Crippen LogP contribution in [0.2, 0.25) is 0 Å². The van der Waals surface area contributed by atoms with Gasteiger partial charge in [0.1, 0.15) is 0 Å². The predicted octanol–water partition coefficient (Wildman–Crippen LogP) is 5.25. The number of carboxylic acids is 1. The van der Waals surface area contributed by atoms with Gasteiger partial charge in [-0.05, 0) is 38.0 Å². The van der Waals surface area contributed by atoms with Crippen LogP contribution in [0.1, 0.15) is 64.7 Å². The number of rotatable bonds is 12. The van der Waals surface area contributed by atoms with Crippen molar-refractivity contribution >= 4 is 29.5 Å². The Morgan fingerprint density at radius 1 is 1.24 bits per heavy atom. The predicted molar refractivity (Wildman–Crippen MR) is 109 cm³/mol. The van der Waals surface area contributed by atoms with Gasteiger partial charge < -0.3 is 10.2 Å². The Hall–Kier alpha value is -0.390. The van der Waals surface area contributed by atoms with Gasteiger partial charge in [-0.2, -0.15) is 0 Å². The number of aliphatic hydroxyl groups is 1. The molecular weight excluding hydrogens is 352 g/mol. The highest BCUT2D eigenvalue weighted by Gasteiger charge is 2.45. The van der Waals surface area contributed by atoms with Gasteiger partial charge in [0.05, 0.1) is 10.7 Å². The van der Waals surface area contributed by atoms with Gasteiger partial charge in [-0.3, -0.25) is 4.79 Å². The van der Waals surface area contributed by atoms with E-state index in [1.807, 2.05) is 6.08 Å². The Balaban J connectivity index is 1.76. The van der Waals surface area contributed by atoms with Crippen molar-refractivity contribution in [1.82, 2.24) is 0 Å². The lowest BCUT2D eigenvalue weighted by molar-refractivity contribution is -0.137. The molecule has 0 amide bonds. The molecule has 3 fully saturated rings. The van der Waals surface area contributed by atoms with Gasteiger partial charge in [0, 0.05) is 16.9 Å². The molecule has 25 heavy (non-hydrogen) atoms. The molecule has 0 saturated carbocycles. The van der Waals surface area contributed by atoms with Gasteiger partial charge in [-0.1, -0.05) is 50.5 Å². The zero-order valence-electron chi connectivity index (χ0n) is 15.2. The molecule has 2 N–H and O–H groups in total. The molecule has 0 aromatic rings. The SMILES string of the molecule is CCCCC[C@H](O)/C=C/C1S[C@@H]2CC(S2)[C@@H]1C/C=C\CCCC(=O)O. The van der Waals surface area contributed by atoms with Gasteiger partial charge in [0.15, 0.2) is 0 Å². The molecule has 3 aliphatic rings. The van der Waals surface area contributed by atoms with E-state index in [1.165, 1.54) is 19.3 Å². The number of carboxylic acid groups (broad SMARTS) is 1. The van der Waals surface area contributed by atoms with Gasteiger partial charge >= 0.3 is 5.97 Å². The Labute approximate surface area is 160 Å². The summed E-state index contributed by atoms with van der Waals surface area (Å²) in [5, 5.41) is 20.0. The second-order valence-electron chi connectivity index (χ2n) is 7.05. The molecule has 0 aromatic heterocycles. The number of thioether (sulfide) groups is 2. The summed E-state index contributed by atoms with van der Waals surface area (Å²) in [7, 11) is 0. The molecule has 3 nitrogen and oxygen atoms in total. The highest BCUT2D eigenvalue weighted by atomic mass is 32.2. The Morgan fingerprint density at radius 2 is 2.04 bits per heavy atom. The maximum atomic E-state index is 10.5. The quantitative estimate of drug-likeness (QED) is 0.355. The lowest BCUT2D eigenvalue weighted by Gasteiger charge is -2.49. The maximum absolute atomic E-state index is 10.5. The van der Waals surface area contributed by atoms with E-state index in [-0.39, 0.29) is 12.5 Å². The van der Waals surface area contributed by atoms with Crippen molar-refractivity contribution in [3.63, 3.8) is 0 Å². The van der Waals surface area contributed by atoms with Crippen LogP contribution in [-0.4, -0.2) is 37.4 Å². The molecule has 2 unspecified atom stereocenters. The Bertz CT molecular complexity index is 458. The zero-order valence-corrected chi connectivity index (χ0v) is 16.8. The molecule has 5 heteroatoms. The number of allylic oxidation sites excluding steroid dienone is 2. The largest absolute Gasteiger partial charge is 0.481 e. The molecule has 3 aliphatic heterocycles. The highest BCUT2D eigenvalue weighted by Crippen LogP contribution is 2.57. The van der Waals surface area contributed by atoms with E-state index in [4.69, 9.17) is 5.11 Å². The molecule has 0 spiro atoms. The fraction of sp³-hybridized carbons (Fsp3) is 0.750. The summed E-state index contributed by atoms with van der Waals surface area (Å²) < 4.78 is 0.743. The van der Waals surface area contributed by atoms with E-state index in [1.54, 1.807) is 0 Å². The molecule has 142 valence electrons. The highest BCUT2D eigenvalue weighted by molar-refractivity contribution is 8.19. The van der Waals surface area contributed by atoms with Crippen molar-refractivity contribution in [3.05, 3.63) is 24.3 Å². The van der Waals surface area contributed by atoms with E-state index in [0.717, 1.165) is 41.9 Å². The van der Waals surface area contributed by atoms with Crippen LogP contribution in [0, 0.1) is 5.92 Å². The molecular formula is C20H32O3S2. The van der Waals surface area contributed by atoms with Crippen LogP contribution in [0.3, 0.4) is 0 Å². The molecule has 2 bridgehead atoms. The normalized spacial score (nSPS) is 29.8. The van der Waals surface area contributed by atoms with Gasteiger partial charge in [-0.15, -0.1) is 23.5 Å². The first-order valence-electron chi connectivity index (χ1n) is 9.64. The third-order valence-electron chi connectivity index (χ3n) is 4.92. The topological polar surface area (TPSA) is 57.5 Å². The third kappa shape index (κ3) is 7.40. The second kappa shape index (κ2) is 11.3. The number of fused-ring (bicyclic) bond motifs is 2. The monoisotopic (exact) mass is 384 g/mol. The van der Waals surface area contributed by atoms with E-state index >= 15 is 0 Å². The van der Waals surface area contributed by atoms with Crippen LogP contribution in [0.4, 0.5) is 0 Å². The van der Waals surface area contributed by atoms with E-state index in [9.17, 15) is 9.90 Å². The molecule has 0 radical (unpaired) electrons. The van der Waals surface area contributed by atoms with Crippen LogP contribution in [-0.2, 0) is 4.79 Å². The van der Waals surface area contributed by atoms with Crippen LogP contribution < -0.4 is 0 Å². The molecule has 0 aliphatic carbocycles. The Morgan fingerprint density at radius 3 is 2.76 bits per heavy atom. The summed E-state index contributed by atoms with van der Waals surface area (Å²) in [5.41, 5.74) is 0. The van der Waals surface area contributed by atoms with Crippen LogP contribution >= 0.6 is 23.5 Å². The van der Waals surface area contributed by atoms with E-state index in [2.05, 4.69) is 48.7 Å². The third-order valence-corrected chi connectivity index (χ3v) is 8.29. The van der Waals surface area contributed by atoms with Crippen LogP contribution in [0.5, 0.6) is 0 Å². The minimum Gasteiger partial charge on any atom is -0.481 e. The number of hydrogen-bond acceptors (Lipinski definition) is 4. The number of carbonyl (C=O) groups is 1. The molecule has 5 atom stereocenters. The van der Waals surface area contributed by atoms with Gasteiger partial charge in [0.2, 0.25) is 0 Å².